The Morgan fingerprint density at radius 1 is 1.32 bits per heavy atom. The van der Waals surface area contributed by atoms with Crippen molar-refractivity contribution < 1.29 is 19.4 Å². The van der Waals surface area contributed by atoms with E-state index in [1.165, 1.54) is 7.11 Å². The summed E-state index contributed by atoms with van der Waals surface area (Å²) < 4.78 is 4.70. The highest BCUT2D eigenvalue weighted by atomic mass is 16.5. The lowest BCUT2D eigenvalue weighted by atomic mass is 9.66. The number of hydrogen-bond acceptors (Lipinski definition) is 3. The van der Waals surface area contributed by atoms with Gasteiger partial charge in [-0.15, -0.1) is 0 Å². The zero-order valence-corrected chi connectivity index (χ0v) is 13.3. The van der Waals surface area contributed by atoms with Crippen molar-refractivity contribution in [3.8, 4) is 0 Å². The van der Waals surface area contributed by atoms with Gasteiger partial charge in [0.2, 0.25) is 0 Å². The first-order valence-electron chi connectivity index (χ1n) is 7.94. The molecule has 0 heterocycles. The van der Waals surface area contributed by atoms with Crippen LogP contribution < -0.4 is 0 Å². The van der Waals surface area contributed by atoms with Crippen LogP contribution >= 0.6 is 0 Å². The first-order valence-corrected chi connectivity index (χ1v) is 7.94. The van der Waals surface area contributed by atoms with Crippen LogP contribution in [0.2, 0.25) is 0 Å². The molecule has 1 aromatic rings. The van der Waals surface area contributed by atoms with Crippen molar-refractivity contribution in [2.24, 2.45) is 5.41 Å². The zero-order valence-electron chi connectivity index (χ0n) is 13.3. The fourth-order valence-corrected chi connectivity index (χ4v) is 3.66. The van der Waals surface area contributed by atoms with E-state index in [-0.39, 0.29) is 11.9 Å². The topological polar surface area (TPSA) is 63.6 Å². The van der Waals surface area contributed by atoms with Crippen LogP contribution in [0.3, 0.4) is 0 Å². The Kier molecular flexibility index (Phi) is 5.22. The highest BCUT2D eigenvalue weighted by Gasteiger charge is 2.42. The van der Waals surface area contributed by atoms with Crippen molar-refractivity contribution in [3.63, 3.8) is 0 Å². The van der Waals surface area contributed by atoms with Crippen molar-refractivity contribution in [1.82, 2.24) is 0 Å². The number of carbonyl (C=O) groups excluding carboxylic acids is 1. The van der Waals surface area contributed by atoms with Crippen molar-refractivity contribution in [2.45, 2.75) is 51.4 Å². The molecule has 1 saturated carbocycles. The summed E-state index contributed by atoms with van der Waals surface area (Å²) in [4.78, 5) is 23.2. The minimum Gasteiger partial charge on any atom is -0.481 e. The highest BCUT2D eigenvalue weighted by molar-refractivity contribution is 5.89. The molecular weight excluding hydrogens is 280 g/mol. The Morgan fingerprint density at radius 2 is 2.00 bits per heavy atom. The third-order valence-electron chi connectivity index (χ3n) is 4.83. The van der Waals surface area contributed by atoms with Gasteiger partial charge >= 0.3 is 11.9 Å². The molecule has 0 saturated heterocycles. The van der Waals surface area contributed by atoms with Gasteiger partial charge in [0.25, 0.3) is 0 Å². The monoisotopic (exact) mass is 304 g/mol. The summed E-state index contributed by atoms with van der Waals surface area (Å²) in [5, 5.41) is 9.67. The molecule has 1 aliphatic carbocycles. The summed E-state index contributed by atoms with van der Waals surface area (Å²) in [6, 6.07) is 7.39. The average Bonchev–Trinajstić information content (AvgIpc) is 2.54. The molecule has 0 bridgehead atoms. The molecule has 0 amide bonds. The van der Waals surface area contributed by atoms with Crippen LogP contribution in [0, 0.1) is 5.41 Å². The van der Waals surface area contributed by atoms with E-state index in [2.05, 4.69) is 0 Å². The van der Waals surface area contributed by atoms with Crippen molar-refractivity contribution in [3.05, 3.63) is 35.4 Å². The largest absolute Gasteiger partial charge is 0.481 e. The summed E-state index contributed by atoms with van der Waals surface area (Å²) in [5.41, 5.74) is 1.06. The van der Waals surface area contributed by atoms with E-state index in [9.17, 15) is 14.7 Å². The van der Waals surface area contributed by atoms with E-state index in [0.717, 1.165) is 37.7 Å². The number of hydrogen-bond donors (Lipinski definition) is 1. The predicted molar refractivity (Wildman–Crippen MR) is 84.0 cm³/mol. The average molecular weight is 304 g/mol. The van der Waals surface area contributed by atoms with E-state index < -0.39 is 11.4 Å². The summed E-state index contributed by atoms with van der Waals surface area (Å²) in [6.07, 6.45) is 5.03. The summed E-state index contributed by atoms with van der Waals surface area (Å²) in [5.74, 6) is -0.755. The van der Waals surface area contributed by atoms with Gasteiger partial charge in [0, 0.05) is 0 Å². The summed E-state index contributed by atoms with van der Waals surface area (Å²) in [6.45, 7) is 2.04. The second-order valence-corrected chi connectivity index (χ2v) is 6.24. The Bertz CT molecular complexity index is 531. The van der Waals surface area contributed by atoms with Crippen LogP contribution in [0.4, 0.5) is 0 Å². The van der Waals surface area contributed by atoms with Crippen LogP contribution in [0.15, 0.2) is 24.3 Å². The fraction of sp³-hybridized carbons (Fsp3) is 0.556. The number of carboxylic acids is 1. The predicted octanol–water partition coefficient (Wildman–Crippen LogP) is 4.00. The lowest BCUT2D eigenvalue weighted by molar-refractivity contribution is -0.152. The Balaban J connectivity index is 2.18. The maximum Gasteiger partial charge on any atom is 0.337 e. The van der Waals surface area contributed by atoms with E-state index in [1.807, 2.05) is 19.1 Å². The second kappa shape index (κ2) is 6.95. The molecule has 2 rings (SSSR count). The van der Waals surface area contributed by atoms with Gasteiger partial charge in [-0.2, -0.15) is 0 Å². The highest BCUT2D eigenvalue weighted by Crippen LogP contribution is 2.46. The second-order valence-electron chi connectivity index (χ2n) is 6.24. The first kappa shape index (κ1) is 16.5. The minimum absolute atomic E-state index is 0.253. The van der Waals surface area contributed by atoms with Gasteiger partial charge in [0.05, 0.1) is 18.1 Å². The molecule has 1 aliphatic rings. The van der Waals surface area contributed by atoms with Gasteiger partial charge in [0.1, 0.15) is 0 Å². The number of ether oxygens (including phenoxy) is 1. The molecule has 4 heteroatoms. The number of aliphatic carboxylic acids is 1. The smallest absolute Gasteiger partial charge is 0.337 e. The maximum atomic E-state index is 11.8. The van der Waals surface area contributed by atoms with Crippen molar-refractivity contribution >= 4 is 11.9 Å². The minimum atomic E-state index is -0.662. The van der Waals surface area contributed by atoms with E-state index in [0.29, 0.717) is 12.0 Å². The molecule has 2 unspecified atom stereocenters. The normalized spacial score (nSPS) is 24.7. The number of carboxylic acid groups (broad SMARTS) is 1. The molecule has 0 aliphatic heterocycles. The van der Waals surface area contributed by atoms with Gasteiger partial charge in [0.15, 0.2) is 0 Å². The zero-order chi connectivity index (χ0) is 16.2. The molecule has 22 heavy (non-hydrogen) atoms. The summed E-state index contributed by atoms with van der Waals surface area (Å²) >= 11 is 0. The number of carbonyl (C=O) groups is 2. The number of methoxy groups -OCH3 is 1. The Morgan fingerprint density at radius 3 is 2.55 bits per heavy atom. The van der Waals surface area contributed by atoms with Gasteiger partial charge in [-0.3, -0.25) is 4.79 Å². The molecular formula is C18H24O4. The van der Waals surface area contributed by atoms with Crippen molar-refractivity contribution in [1.29, 1.82) is 0 Å². The van der Waals surface area contributed by atoms with Gasteiger partial charge in [-0.05, 0) is 49.3 Å². The molecule has 1 aromatic carbocycles. The lowest BCUT2D eigenvalue weighted by Gasteiger charge is -2.38. The lowest BCUT2D eigenvalue weighted by Crippen LogP contribution is -2.35. The van der Waals surface area contributed by atoms with Crippen molar-refractivity contribution in [2.75, 3.05) is 7.11 Å². The molecule has 0 radical (unpaired) electrons. The van der Waals surface area contributed by atoms with Crippen LogP contribution in [0.25, 0.3) is 0 Å². The third-order valence-corrected chi connectivity index (χ3v) is 4.83. The molecule has 1 N–H and O–H groups in total. The quantitative estimate of drug-likeness (QED) is 0.835. The Hall–Kier alpha value is -1.84. The van der Waals surface area contributed by atoms with Gasteiger partial charge in [-0.25, -0.2) is 4.79 Å². The third kappa shape index (κ3) is 3.32. The van der Waals surface area contributed by atoms with Crippen LogP contribution in [0.1, 0.15) is 67.3 Å². The van der Waals surface area contributed by atoms with Gasteiger partial charge in [-0.1, -0.05) is 31.9 Å². The SMILES string of the molecule is CCCC1(C(=O)O)CCCC(c2ccc(C(=O)OC)cc2)C1. The standard InChI is InChI=1S/C18H24O4/c1-3-10-18(17(20)21)11-4-5-15(12-18)13-6-8-14(9-7-13)16(19)22-2/h6-9,15H,3-5,10-12H2,1-2H3,(H,20,21). The Labute approximate surface area is 131 Å². The molecule has 2 atom stereocenters. The number of esters is 1. The molecule has 0 aromatic heterocycles. The van der Waals surface area contributed by atoms with E-state index >= 15 is 0 Å². The molecule has 0 spiro atoms. The van der Waals surface area contributed by atoms with Gasteiger partial charge < -0.3 is 9.84 Å². The molecule has 4 nitrogen and oxygen atoms in total. The van der Waals surface area contributed by atoms with Crippen LogP contribution in [-0.2, 0) is 9.53 Å². The van der Waals surface area contributed by atoms with Crippen LogP contribution in [-0.4, -0.2) is 24.2 Å². The maximum absolute atomic E-state index is 11.8. The molecule has 120 valence electrons. The summed E-state index contributed by atoms with van der Waals surface area (Å²) in [7, 11) is 1.36. The fourth-order valence-electron chi connectivity index (χ4n) is 3.66. The van der Waals surface area contributed by atoms with E-state index in [4.69, 9.17) is 4.74 Å². The van der Waals surface area contributed by atoms with Crippen LogP contribution in [0.5, 0.6) is 0 Å². The van der Waals surface area contributed by atoms with E-state index in [1.54, 1.807) is 12.1 Å². The number of benzene rings is 1. The molecule has 1 fully saturated rings. The first-order chi connectivity index (χ1) is 10.5. The number of rotatable bonds is 5.